The van der Waals surface area contributed by atoms with Gasteiger partial charge in [-0.1, -0.05) is 0 Å². The smallest absolute Gasteiger partial charge is 0.311 e. The van der Waals surface area contributed by atoms with Crippen LogP contribution in [0.3, 0.4) is 0 Å². The first kappa shape index (κ1) is 10.3. The number of furan rings is 1. The maximum Gasteiger partial charge on any atom is 0.311 e. The van der Waals surface area contributed by atoms with E-state index in [0.29, 0.717) is 11.3 Å². The van der Waals surface area contributed by atoms with Gasteiger partial charge in [-0.2, -0.15) is 0 Å². The van der Waals surface area contributed by atoms with Gasteiger partial charge in [0.2, 0.25) is 0 Å². The molecule has 5 heteroatoms. The van der Waals surface area contributed by atoms with E-state index in [-0.39, 0.29) is 0 Å². The Hall–Kier alpha value is -1.78. The van der Waals surface area contributed by atoms with E-state index < -0.39 is 24.3 Å². The second kappa shape index (κ2) is 3.95. The zero-order chi connectivity index (χ0) is 10.7. The molecule has 0 bridgehead atoms. The fraction of sp³-hybridized carbons (Fsp3) is 0.333. The molecule has 14 heavy (non-hydrogen) atoms. The van der Waals surface area contributed by atoms with E-state index in [4.69, 9.17) is 14.6 Å². The third-order valence-electron chi connectivity index (χ3n) is 1.95. The number of hydrogen-bond donors (Lipinski definition) is 2. The van der Waals surface area contributed by atoms with Crippen molar-refractivity contribution in [3.8, 4) is 0 Å². The van der Waals surface area contributed by atoms with Crippen molar-refractivity contribution in [2.24, 2.45) is 0 Å². The van der Waals surface area contributed by atoms with Crippen molar-refractivity contribution in [3.63, 3.8) is 0 Å². The predicted octanol–water partition coefficient (Wildman–Crippen LogP) is 1.23. The molecular weight excluding hydrogens is 188 g/mol. The van der Waals surface area contributed by atoms with Gasteiger partial charge in [-0.25, -0.2) is 0 Å². The third-order valence-corrected chi connectivity index (χ3v) is 1.95. The third kappa shape index (κ3) is 2.12. The summed E-state index contributed by atoms with van der Waals surface area (Å²) in [5.41, 5.74) is 0.417. The topological polar surface area (TPSA) is 87.7 Å². The largest absolute Gasteiger partial charge is 0.481 e. The monoisotopic (exact) mass is 198 g/mol. The van der Waals surface area contributed by atoms with Crippen molar-refractivity contribution < 1.29 is 24.2 Å². The Labute approximate surface area is 80.0 Å². The Morgan fingerprint density at radius 2 is 2.14 bits per heavy atom. The van der Waals surface area contributed by atoms with Gasteiger partial charge in [0, 0.05) is 5.56 Å². The molecule has 0 saturated heterocycles. The van der Waals surface area contributed by atoms with E-state index in [1.807, 2.05) is 0 Å². The summed E-state index contributed by atoms with van der Waals surface area (Å²) >= 11 is 0. The van der Waals surface area contributed by atoms with Crippen LogP contribution in [0, 0.1) is 6.92 Å². The summed E-state index contributed by atoms with van der Waals surface area (Å²) in [7, 11) is 0. The number of carbonyl (C=O) groups is 2. The van der Waals surface area contributed by atoms with Crippen molar-refractivity contribution in [2.45, 2.75) is 19.3 Å². The molecule has 0 radical (unpaired) electrons. The number of carboxylic acids is 2. The van der Waals surface area contributed by atoms with Crippen molar-refractivity contribution in [1.82, 2.24) is 0 Å². The Bertz CT molecular complexity index is 352. The van der Waals surface area contributed by atoms with E-state index >= 15 is 0 Å². The predicted molar refractivity (Wildman–Crippen MR) is 46.1 cm³/mol. The Kier molecular flexibility index (Phi) is 2.91. The van der Waals surface area contributed by atoms with Crippen molar-refractivity contribution in [1.29, 1.82) is 0 Å². The zero-order valence-electron chi connectivity index (χ0n) is 7.56. The molecule has 0 spiro atoms. The van der Waals surface area contributed by atoms with Gasteiger partial charge in [-0.3, -0.25) is 9.59 Å². The van der Waals surface area contributed by atoms with Gasteiger partial charge in [0.25, 0.3) is 0 Å². The first-order valence-corrected chi connectivity index (χ1v) is 4.01. The van der Waals surface area contributed by atoms with Crippen LogP contribution in [0.2, 0.25) is 0 Å². The molecule has 76 valence electrons. The molecule has 1 unspecified atom stereocenters. The van der Waals surface area contributed by atoms with Gasteiger partial charge < -0.3 is 14.6 Å². The van der Waals surface area contributed by atoms with Crippen LogP contribution in [0.25, 0.3) is 0 Å². The normalized spacial score (nSPS) is 12.4. The quantitative estimate of drug-likeness (QED) is 0.759. The minimum absolute atomic E-state index is 0.417. The maximum atomic E-state index is 10.8. The first-order valence-electron chi connectivity index (χ1n) is 4.01. The number of hydrogen-bond acceptors (Lipinski definition) is 3. The molecule has 0 aliphatic heterocycles. The van der Waals surface area contributed by atoms with E-state index in [9.17, 15) is 9.59 Å². The van der Waals surface area contributed by atoms with Gasteiger partial charge in [-0.05, 0) is 13.0 Å². The molecule has 2 N–H and O–H groups in total. The lowest BCUT2D eigenvalue weighted by Crippen LogP contribution is -2.16. The van der Waals surface area contributed by atoms with Crippen LogP contribution in [0.15, 0.2) is 16.7 Å². The summed E-state index contributed by atoms with van der Waals surface area (Å²) in [5.74, 6) is -2.89. The highest BCUT2D eigenvalue weighted by Crippen LogP contribution is 2.24. The second-order valence-electron chi connectivity index (χ2n) is 2.92. The molecule has 1 aromatic rings. The average molecular weight is 198 g/mol. The van der Waals surface area contributed by atoms with Gasteiger partial charge in [0.05, 0.1) is 18.6 Å². The summed E-state index contributed by atoms with van der Waals surface area (Å²) in [6.45, 7) is 1.60. The van der Waals surface area contributed by atoms with E-state index in [1.165, 1.54) is 12.3 Å². The second-order valence-corrected chi connectivity index (χ2v) is 2.92. The Morgan fingerprint density at radius 3 is 2.50 bits per heavy atom. The average Bonchev–Trinajstić information content (AvgIpc) is 2.46. The highest BCUT2D eigenvalue weighted by atomic mass is 16.4. The van der Waals surface area contributed by atoms with Gasteiger partial charge in [0.1, 0.15) is 5.76 Å². The van der Waals surface area contributed by atoms with E-state index in [0.717, 1.165) is 0 Å². The molecule has 5 nitrogen and oxygen atoms in total. The lowest BCUT2D eigenvalue weighted by Gasteiger charge is -2.07. The van der Waals surface area contributed by atoms with Crippen LogP contribution in [0.1, 0.15) is 23.7 Å². The summed E-state index contributed by atoms with van der Waals surface area (Å²) in [6, 6.07) is 1.48. The summed E-state index contributed by atoms with van der Waals surface area (Å²) in [6.07, 6.45) is 0.915. The van der Waals surface area contributed by atoms with Crippen LogP contribution >= 0.6 is 0 Å². The molecule has 1 atom stereocenters. The van der Waals surface area contributed by atoms with Crippen LogP contribution in [0.4, 0.5) is 0 Å². The van der Waals surface area contributed by atoms with Crippen LogP contribution in [-0.2, 0) is 9.59 Å². The van der Waals surface area contributed by atoms with E-state index in [2.05, 4.69) is 0 Å². The van der Waals surface area contributed by atoms with Crippen LogP contribution < -0.4 is 0 Å². The SMILES string of the molecule is Cc1occc1C(CC(=O)O)C(=O)O. The fourth-order valence-electron chi connectivity index (χ4n) is 1.26. The number of aliphatic carboxylic acids is 2. The van der Waals surface area contributed by atoms with Crippen molar-refractivity contribution >= 4 is 11.9 Å². The molecule has 0 saturated carbocycles. The fourth-order valence-corrected chi connectivity index (χ4v) is 1.26. The Morgan fingerprint density at radius 1 is 1.50 bits per heavy atom. The lowest BCUT2D eigenvalue weighted by atomic mass is 9.96. The minimum atomic E-state index is -1.16. The molecule has 1 rings (SSSR count). The van der Waals surface area contributed by atoms with Gasteiger partial charge in [0.15, 0.2) is 0 Å². The lowest BCUT2D eigenvalue weighted by molar-refractivity contribution is -0.145. The maximum absolute atomic E-state index is 10.8. The number of rotatable bonds is 4. The molecular formula is C9H10O5. The van der Waals surface area contributed by atoms with Gasteiger partial charge >= 0.3 is 11.9 Å². The standard InChI is InChI=1S/C9H10O5/c1-5-6(2-3-14-5)7(9(12)13)4-8(10)11/h2-3,7H,4H2,1H3,(H,10,11)(H,12,13). The summed E-state index contributed by atoms with van der Waals surface area (Å²) < 4.78 is 4.92. The molecule has 0 aromatic carbocycles. The molecule has 0 aliphatic carbocycles. The molecule has 0 fully saturated rings. The first-order chi connectivity index (χ1) is 6.52. The minimum Gasteiger partial charge on any atom is -0.481 e. The molecule has 0 amide bonds. The summed E-state index contributed by atoms with van der Waals surface area (Å²) in [5, 5.41) is 17.3. The van der Waals surface area contributed by atoms with E-state index in [1.54, 1.807) is 6.92 Å². The summed E-state index contributed by atoms with van der Waals surface area (Å²) in [4.78, 5) is 21.2. The van der Waals surface area contributed by atoms with Crippen LogP contribution in [-0.4, -0.2) is 22.2 Å². The molecule has 0 aliphatic rings. The van der Waals surface area contributed by atoms with Crippen molar-refractivity contribution in [2.75, 3.05) is 0 Å². The highest BCUT2D eigenvalue weighted by Gasteiger charge is 2.25. The van der Waals surface area contributed by atoms with Gasteiger partial charge in [-0.15, -0.1) is 0 Å². The zero-order valence-corrected chi connectivity index (χ0v) is 7.56. The van der Waals surface area contributed by atoms with Crippen molar-refractivity contribution in [3.05, 3.63) is 23.7 Å². The molecule has 1 aromatic heterocycles. The molecule has 1 heterocycles. The number of aryl methyl sites for hydroxylation is 1. The van der Waals surface area contributed by atoms with Crippen LogP contribution in [0.5, 0.6) is 0 Å². The Balaban J connectivity index is 2.94. The number of carboxylic acid groups (broad SMARTS) is 2. The highest BCUT2D eigenvalue weighted by molar-refractivity contribution is 5.82.